The molecule has 0 aliphatic carbocycles. The molecule has 3 unspecified atom stereocenters. The zero-order chi connectivity index (χ0) is 19.8. The molecular weight excluding hydrogens is 481 g/mol. The van der Waals surface area contributed by atoms with E-state index in [1.807, 2.05) is 20.0 Å². The van der Waals surface area contributed by atoms with Crippen LogP contribution in [-0.2, 0) is 14.3 Å². The minimum atomic E-state index is -0.0903. The molecule has 1 N–H and O–H groups in total. The molecular formula is C22H34IN3O3. The number of aliphatic imine (C=N–C) groups is 1. The Balaban J connectivity index is 0.00000300. The maximum Gasteiger partial charge on any atom is 0.310 e. The Morgan fingerprint density at radius 2 is 2.07 bits per heavy atom. The molecule has 2 heterocycles. The first-order valence-electron chi connectivity index (χ1n) is 10.5. The lowest BCUT2D eigenvalue weighted by Gasteiger charge is -2.36. The zero-order valence-electron chi connectivity index (χ0n) is 17.5. The Morgan fingerprint density at radius 3 is 2.79 bits per heavy atom. The molecule has 162 valence electrons. The molecule has 6 nitrogen and oxygen atoms in total. The van der Waals surface area contributed by atoms with Crippen LogP contribution in [0.2, 0.25) is 0 Å². The first-order valence-corrected chi connectivity index (χ1v) is 10.5. The minimum Gasteiger partial charge on any atom is -0.466 e. The molecule has 2 fully saturated rings. The smallest absolute Gasteiger partial charge is 0.310 e. The van der Waals surface area contributed by atoms with Gasteiger partial charge >= 0.3 is 5.97 Å². The molecule has 0 aromatic heterocycles. The Kier molecular flexibility index (Phi) is 10.2. The van der Waals surface area contributed by atoms with E-state index < -0.39 is 0 Å². The van der Waals surface area contributed by atoms with Crippen molar-refractivity contribution in [2.75, 3.05) is 39.9 Å². The van der Waals surface area contributed by atoms with E-state index in [1.54, 1.807) is 0 Å². The van der Waals surface area contributed by atoms with Gasteiger partial charge in [-0.25, -0.2) is 0 Å². The van der Waals surface area contributed by atoms with Crippen molar-refractivity contribution in [3.8, 4) is 0 Å². The van der Waals surface area contributed by atoms with Crippen molar-refractivity contribution in [2.24, 2.45) is 16.8 Å². The van der Waals surface area contributed by atoms with Crippen LogP contribution in [-0.4, -0.2) is 56.7 Å². The van der Waals surface area contributed by atoms with Crippen molar-refractivity contribution in [1.82, 2.24) is 10.2 Å². The van der Waals surface area contributed by atoms with Gasteiger partial charge < -0.3 is 19.7 Å². The van der Waals surface area contributed by atoms with Gasteiger partial charge in [0.25, 0.3) is 0 Å². The topological polar surface area (TPSA) is 63.2 Å². The van der Waals surface area contributed by atoms with Crippen LogP contribution >= 0.6 is 24.0 Å². The van der Waals surface area contributed by atoms with Gasteiger partial charge in [-0.1, -0.05) is 30.3 Å². The van der Waals surface area contributed by atoms with Crippen molar-refractivity contribution >= 4 is 35.9 Å². The second kappa shape index (κ2) is 12.4. The van der Waals surface area contributed by atoms with E-state index in [-0.39, 0.29) is 42.0 Å². The summed E-state index contributed by atoms with van der Waals surface area (Å²) in [6, 6.07) is 10.5. The predicted octanol–water partition coefficient (Wildman–Crippen LogP) is 3.62. The molecule has 0 radical (unpaired) electrons. The van der Waals surface area contributed by atoms with Crippen LogP contribution in [0.15, 0.2) is 35.3 Å². The molecule has 2 saturated heterocycles. The van der Waals surface area contributed by atoms with E-state index in [9.17, 15) is 4.79 Å². The number of piperidine rings is 1. The number of likely N-dealkylation sites (tertiary alicyclic amines) is 1. The zero-order valence-corrected chi connectivity index (χ0v) is 19.8. The highest BCUT2D eigenvalue weighted by atomic mass is 127. The van der Waals surface area contributed by atoms with E-state index >= 15 is 0 Å². The number of hydrogen-bond donors (Lipinski definition) is 1. The standard InChI is InChI=1S/C22H33N3O3.HI/c1-3-27-21(26)19-11-7-13-25(16-19)22(23-2)24-15-18-12-8-14-28-20(18)17-9-5-4-6-10-17;/h4-6,9-10,18-20H,3,7-8,11-16H2,1-2H3,(H,23,24);1H. The maximum atomic E-state index is 12.1. The van der Waals surface area contributed by atoms with Crippen LogP contribution < -0.4 is 5.32 Å². The number of carbonyl (C=O) groups excluding carboxylic acids is 1. The van der Waals surface area contributed by atoms with Gasteiger partial charge in [0.2, 0.25) is 0 Å². The lowest BCUT2D eigenvalue weighted by Crippen LogP contribution is -2.49. The molecule has 7 heteroatoms. The first-order chi connectivity index (χ1) is 13.7. The van der Waals surface area contributed by atoms with Crippen molar-refractivity contribution in [2.45, 2.75) is 38.7 Å². The summed E-state index contributed by atoms with van der Waals surface area (Å²) >= 11 is 0. The van der Waals surface area contributed by atoms with Crippen LogP contribution in [0, 0.1) is 11.8 Å². The third kappa shape index (κ3) is 6.57. The third-order valence-electron chi connectivity index (χ3n) is 5.65. The van der Waals surface area contributed by atoms with Gasteiger partial charge in [0, 0.05) is 39.2 Å². The fraction of sp³-hybridized carbons (Fsp3) is 0.636. The lowest BCUT2D eigenvalue weighted by molar-refractivity contribution is -0.149. The minimum absolute atomic E-state index is 0. The van der Waals surface area contributed by atoms with E-state index in [1.165, 1.54) is 5.56 Å². The maximum absolute atomic E-state index is 12.1. The molecule has 3 rings (SSSR count). The van der Waals surface area contributed by atoms with Gasteiger partial charge in [0.05, 0.1) is 18.6 Å². The molecule has 0 bridgehead atoms. The monoisotopic (exact) mass is 515 g/mol. The summed E-state index contributed by atoms with van der Waals surface area (Å²) in [6.07, 6.45) is 4.20. The largest absolute Gasteiger partial charge is 0.466 e. The third-order valence-corrected chi connectivity index (χ3v) is 5.65. The Morgan fingerprint density at radius 1 is 1.28 bits per heavy atom. The number of halogens is 1. The van der Waals surface area contributed by atoms with Crippen LogP contribution in [0.3, 0.4) is 0 Å². The van der Waals surface area contributed by atoms with Gasteiger partial charge in [-0.2, -0.15) is 0 Å². The van der Waals surface area contributed by atoms with Crippen LogP contribution in [0.25, 0.3) is 0 Å². The molecule has 2 aliphatic rings. The van der Waals surface area contributed by atoms with Crippen LogP contribution in [0.4, 0.5) is 0 Å². The summed E-state index contributed by atoms with van der Waals surface area (Å²) in [5, 5.41) is 3.54. The van der Waals surface area contributed by atoms with E-state index in [4.69, 9.17) is 9.47 Å². The number of carbonyl (C=O) groups is 1. The lowest BCUT2D eigenvalue weighted by atomic mass is 9.89. The second-order valence-electron chi connectivity index (χ2n) is 7.57. The number of ether oxygens (including phenoxy) is 2. The molecule has 0 saturated carbocycles. The summed E-state index contributed by atoms with van der Waals surface area (Å²) in [5.41, 5.74) is 1.24. The van der Waals surface area contributed by atoms with E-state index in [2.05, 4.69) is 39.5 Å². The number of nitrogens with one attached hydrogen (secondary N) is 1. The van der Waals surface area contributed by atoms with Gasteiger partial charge in [-0.15, -0.1) is 24.0 Å². The van der Waals surface area contributed by atoms with Crippen molar-refractivity contribution in [3.63, 3.8) is 0 Å². The van der Waals surface area contributed by atoms with Gasteiger partial charge in [0.1, 0.15) is 0 Å². The second-order valence-corrected chi connectivity index (χ2v) is 7.57. The fourth-order valence-electron chi connectivity index (χ4n) is 4.24. The van der Waals surface area contributed by atoms with Gasteiger partial charge in [-0.3, -0.25) is 9.79 Å². The molecule has 0 amide bonds. The number of rotatable bonds is 5. The Labute approximate surface area is 191 Å². The summed E-state index contributed by atoms with van der Waals surface area (Å²) in [4.78, 5) is 18.8. The number of benzene rings is 1. The molecule has 1 aromatic carbocycles. The molecule has 1 aromatic rings. The van der Waals surface area contributed by atoms with E-state index in [0.717, 1.165) is 51.3 Å². The fourth-order valence-corrected chi connectivity index (χ4v) is 4.24. The molecule has 2 aliphatic heterocycles. The van der Waals surface area contributed by atoms with E-state index in [0.29, 0.717) is 19.1 Å². The van der Waals surface area contributed by atoms with Gasteiger partial charge in [-0.05, 0) is 38.2 Å². The van der Waals surface area contributed by atoms with Crippen LogP contribution in [0.5, 0.6) is 0 Å². The average Bonchev–Trinajstić information content (AvgIpc) is 2.75. The predicted molar refractivity (Wildman–Crippen MR) is 126 cm³/mol. The number of guanidine groups is 1. The summed E-state index contributed by atoms with van der Waals surface area (Å²) < 4.78 is 11.3. The summed E-state index contributed by atoms with van der Waals surface area (Å²) in [6.45, 7) is 5.50. The van der Waals surface area contributed by atoms with Crippen LogP contribution in [0.1, 0.15) is 44.3 Å². The Hall–Kier alpha value is -1.35. The van der Waals surface area contributed by atoms with Gasteiger partial charge in [0.15, 0.2) is 5.96 Å². The molecule has 0 spiro atoms. The summed E-state index contributed by atoms with van der Waals surface area (Å²) in [7, 11) is 1.81. The highest BCUT2D eigenvalue weighted by molar-refractivity contribution is 14.0. The van der Waals surface area contributed by atoms with Crippen molar-refractivity contribution in [1.29, 1.82) is 0 Å². The quantitative estimate of drug-likeness (QED) is 0.281. The normalized spacial score (nSPS) is 25.1. The number of nitrogens with zero attached hydrogens (tertiary/aromatic N) is 2. The highest BCUT2D eigenvalue weighted by Crippen LogP contribution is 2.33. The average molecular weight is 515 g/mol. The Bertz CT molecular complexity index is 656. The highest BCUT2D eigenvalue weighted by Gasteiger charge is 2.30. The SMILES string of the molecule is CCOC(=O)C1CCCN(C(=NC)NCC2CCCOC2c2ccccc2)C1.I. The summed E-state index contributed by atoms with van der Waals surface area (Å²) in [5.74, 6) is 1.11. The van der Waals surface area contributed by atoms with Crippen molar-refractivity contribution in [3.05, 3.63) is 35.9 Å². The number of hydrogen-bond acceptors (Lipinski definition) is 4. The first kappa shape index (κ1) is 23.9. The molecule has 3 atom stereocenters. The number of esters is 1. The molecule has 29 heavy (non-hydrogen) atoms. The van der Waals surface area contributed by atoms with Crippen molar-refractivity contribution < 1.29 is 14.3 Å².